The first kappa shape index (κ1) is 15.4. The molecule has 0 radical (unpaired) electrons. The molecule has 2 heteroatoms. The summed E-state index contributed by atoms with van der Waals surface area (Å²) in [4.78, 5) is -0.0466. The van der Waals surface area contributed by atoms with E-state index in [2.05, 4.69) is 88.3 Å². The zero-order valence-corrected chi connectivity index (χ0v) is 14.7. The van der Waals surface area contributed by atoms with E-state index in [1.807, 2.05) is 0 Å². The van der Waals surface area contributed by atoms with Crippen molar-refractivity contribution in [2.45, 2.75) is 25.7 Å². The summed E-state index contributed by atoms with van der Waals surface area (Å²) in [5.41, 5.74) is 7.41. The van der Waals surface area contributed by atoms with Crippen molar-refractivity contribution in [3.05, 3.63) is 65.7 Å². The van der Waals surface area contributed by atoms with Crippen LogP contribution in [-0.2, 0) is 4.90 Å². The van der Waals surface area contributed by atoms with Crippen LogP contribution in [0.2, 0.25) is 0 Å². The van der Waals surface area contributed by atoms with Crippen LogP contribution >= 0.6 is 18.5 Å². The lowest BCUT2D eigenvalue weighted by molar-refractivity contribution is 1.01. The van der Waals surface area contributed by atoms with E-state index in [9.17, 15) is 0 Å². The Bertz CT molecular complexity index is 631. The van der Waals surface area contributed by atoms with Gasteiger partial charge < -0.3 is 0 Å². The Kier molecular flexibility index (Phi) is 4.48. The van der Waals surface area contributed by atoms with E-state index in [1.54, 1.807) is 0 Å². The number of rotatable bonds is 3. The number of aryl methyl sites for hydroxylation is 1. The maximum absolute atomic E-state index is 4.10. The van der Waals surface area contributed by atoms with Crippen LogP contribution in [0.4, 0.5) is 0 Å². The highest BCUT2D eigenvalue weighted by Crippen LogP contribution is 2.42. The van der Waals surface area contributed by atoms with Gasteiger partial charge in [0.25, 0.3) is 0 Å². The summed E-state index contributed by atoms with van der Waals surface area (Å²) in [6.45, 7) is 10.5. The molecule has 0 nitrogen and oxygen atoms in total. The summed E-state index contributed by atoms with van der Waals surface area (Å²) >= 11 is 0. The Labute approximate surface area is 127 Å². The Morgan fingerprint density at radius 2 is 1.55 bits per heavy atom. The Balaban J connectivity index is 2.58. The van der Waals surface area contributed by atoms with Crippen molar-refractivity contribution >= 4 is 24.1 Å². The van der Waals surface area contributed by atoms with Crippen LogP contribution in [-0.4, -0.2) is 0 Å². The van der Waals surface area contributed by atoms with Gasteiger partial charge in [0.05, 0.1) is 0 Å². The second-order valence-electron chi connectivity index (χ2n) is 5.69. The maximum Gasteiger partial charge on any atom is 0.0216 e. The smallest absolute Gasteiger partial charge is 0.0216 e. The molecule has 0 aliphatic rings. The Hall–Kier alpha value is -0.960. The number of benzene rings is 2. The van der Waals surface area contributed by atoms with Gasteiger partial charge in [-0.1, -0.05) is 54.1 Å². The minimum atomic E-state index is -0.0466. The topological polar surface area (TPSA) is 0 Å². The SMILES string of the molecule is C=C(C)c1ccc(-c2ccc(C)cc2)cc1C(C)(P)P. The first-order valence-electron chi connectivity index (χ1n) is 6.74. The molecule has 2 unspecified atom stereocenters. The van der Waals surface area contributed by atoms with E-state index in [0.717, 1.165) is 5.57 Å². The summed E-state index contributed by atoms with van der Waals surface area (Å²) in [5.74, 6) is 0. The fourth-order valence-electron chi connectivity index (χ4n) is 2.29. The second-order valence-corrected chi connectivity index (χ2v) is 8.75. The molecule has 2 aromatic carbocycles. The molecular formula is C18H22P2. The molecule has 0 heterocycles. The molecule has 0 amide bonds. The zero-order valence-electron chi connectivity index (χ0n) is 12.4. The van der Waals surface area contributed by atoms with Crippen molar-refractivity contribution in [2.75, 3.05) is 0 Å². The lowest BCUT2D eigenvalue weighted by Gasteiger charge is -2.24. The molecule has 0 N–H and O–H groups in total. The molecule has 0 saturated carbocycles. The summed E-state index contributed by atoms with van der Waals surface area (Å²) < 4.78 is 0. The van der Waals surface area contributed by atoms with E-state index >= 15 is 0 Å². The molecule has 0 fully saturated rings. The molecule has 0 aromatic heterocycles. The minimum Gasteiger partial charge on any atom is -0.123 e. The lowest BCUT2D eigenvalue weighted by Crippen LogP contribution is -2.06. The largest absolute Gasteiger partial charge is 0.123 e. The molecular weight excluding hydrogens is 278 g/mol. The average molecular weight is 300 g/mol. The van der Waals surface area contributed by atoms with Gasteiger partial charge in [0.2, 0.25) is 0 Å². The number of hydrogen-bond donors (Lipinski definition) is 0. The normalized spacial score (nSPS) is 11.4. The maximum atomic E-state index is 4.10. The van der Waals surface area contributed by atoms with Gasteiger partial charge in [-0.2, -0.15) is 0 Å². The summed E-state index contributed by atoms with van der Waals surface area (Å²) in [6, 6.07) is 15.3. The monoisotopic (exact) mass is 300 g/mol. The molecule has 2 rings (SSSR count). The van der Waals surface area contributed by atoms with Gasteiger partial charge >= 0.3 is 0 Å². The van der Waals surface area contributed by atoms with Crippen LogP contribution in [0.3, 0.4) is 0 Å². The van der Waals surface area contributed by atoms with Crippen molar-refractivity contribution in [3.63, 3.8) is 0 Å². The molecule has 2 aromatic rings. The molecule has 104 valence electrons. The second kappa shape index (κ2) is 5.80. The van der Waals surface area contributed by atoms with Crippen LogP contribution in [0.25, 0.3) is 16.7 Å². The van der Waals surface area contributed by atoms with Crippen molar-refractivity contribution in [1.82, 2.24) is 0 Å². The third-order valence-corrected chi connectivity index (χ3v) is 4.07. The quantitative estimate of drug-likeness (QED) is 0.645. The van der Waals surface area contributed by atoms with Crippen LogP contribution in [0.5, 0.6) is 0 Å². The predicted octanol–water partition coefficient (Wildman–Crippen LogP) is 5.62. The first-order chi connectivity index (χ1) is 9.29. The fraction of sp³-hybridized carbons (Fsp3) is 0.222. The molecule has 0 aliphatic carbocycles. The standard InChI is InChI=1S/C18H22P2/c1-12(2)16-10-9-15(11-17(16)18(4,19)20)14-7-5-13(3)6-8-14/h5-11H,1,19-20H2,2-4H3. The fourth-order valence-corrected chi connectivity index (χ4v) is 2.77. The van der Waals surface area contributed by atoms with Gasteiger partial charge in [0, 0.05) is 4.90 Å². The van der Waals surface area contributed by atoms with E-state index in [0.29, 0.717) is 0 Å². The van der Waals surface area contributed by atoms with Crippen molar-refractivity contribution < 1.29 is 0 Å². The third kappa shape index (κ3) is 3.38. The summed E-state index contributed by atoms with van der Waals surface area (Å²) in [5, 5.41) is 0. The van der Waals surface area contributed by atoms with Gasteiger partial charge in [0.15, 0.2) is 0 Å². The zero-order chi connectivity index (χ0) is 14.9. The van der Waals surface area contributed by atoms with Crippen molar-refractivity contribution in [2.24, 2.45) is 0 Å². The number of hydrogen-bond acceptors (Lipinski definition) is 0. The highest BCUT2D eigenvalue weighted by molar-refractivity contribution is 7.38. The highest BCUT2D eigenvalue weighted by atomic mass is 31.1. The molecule has 0 aliphatic heterocycles. The van der Waals surface area contributed by atoms with Crippen LogP contribution in [0.15, 0.2) is 49.0 Å². The predicted molar refractivity (Wildman–Crippen MR) is 98.1 cm³/mol. The van der Waals surface area contributed by atoms with Gasteiger partial charge in [-0.15, -0.1) is 18.5 Å². The molecule has 0 spiro atoms. The van der Waals surface area contributed by atoms with Crippen LogP contribution in [0.1, 0.15) is 30.5 Å². The van der Waals surface area contributed by atoms with Crippen LogP contribution in [0, 0.1) is 6.92 Å². The lowest BCUT2D eigenvalue weighted by atomic mass is 9.94. The van der Waals surface area contributed by atoms with Crippen molar-refractivity contribution in [1.29, 1.82) is 0 Å². The average Bonchev–Trinajstić information content (AvgIpc) is 2.38. The molecule has 0 saturated heterocycles. The first-order valence-corrected chi connectivity index (χ1v) is 7.90. The van der Waals surface area contributed by atoms with Gasteiger partial charge in [0.1, 0.15) is 0 Å². The highest BCUT2D eigenvalue weighted by Gasteiger charge is 2.19. The minimum absolute atomic E-state index is 0.0466. The summed E-state index contributed by atoms with van der Waals surface area (Å²) in [6.07, 6.45) is 0. The van der Waals surface area contributed by atoms with Crippen molar-refractivity contribution in [3.8, 4) is 11.1 Å². The Morgan fingerprint density at radius 1 is 1.00 bits per heavy atom. The molecule has 20 heavy (non-hydrogen) atoms. The van der Waals surface area contributed by atoms with E-state index < -0.39 is 0 Å². The van der Waals surface area contributed by atoms with Gasteiger partial charge in [-0.05, 0) is 49.1 Å². The van der Waals surface area contributed by atoms with Gasteiger partial charge in [-0.3, -0.25) is 0 Å². The van der Waals surface area contributed by atoms with E-state index in [4.69, 9.17) is 0 Å². The van der Waals surface area contributed by atoms with Gasteiger partial charge in [-0.25, -0.2) is 0 Å². The van der Waals surface area contributed by atoms with E-state index in [1.165, 1.54) is 27.8 Å². The third-order valence-electron chi connectivity index (χ3n) is 3.44. The van der Waals surface area contributed by atoms with E-state index in [-0.39, 0.29) is 4.90 Å². The Morgan fingerprint density at radius 3 is 2.05 bits per heavy atom. The number of allylic oxidation sites excluding steroid dienone is 1. The molecule has 0 bridgehead atoms. The van der Waals surface area contributed by atoms with Crippen LogP contribution < -0.4 is 0 Å². The summed E-state index contributed by atoms with van der Waals surface area (Å²) in [7, 11) is 5.80. The molecule has 2 atom stereocenters.